The van der Waals surface area contributed by atoms with Gasteiger partial charge in [-0.3, -0.25) is 14.9 Å². The van der Waals surface area contributed by atoms with Crippen molar-refractivity contribution in [2.45, 2.75) is 6.54 Å². The summed E-state index contributed by atoms with van der Waals surface area (Å²) >= 11 is 0. The van der Waals surface area contributed by atoms with Crippen molar-refractivity contribution in [3.63, 3.8) is 0 Å². The third-order valence-corrected chi connectivity index (χ3v) is 2.16. The number of nitro benzene ring substituents is 1. The highest BCUT2D eigenvalue weighted by Crippen LogP contribution is 2.27. The number of nitrogens with one attached hydrogen (secondary N) is 1. The molecule has 2 aromatic rings. The van der Waals surface area contributed by atoms with E-state index in [0.29, 0.717) is 0 Å². The van der Waals surface area contributed by atoms with Crippen molar-refractivity contribution in [2.75, 3.05) is 5.32 Å². The van der Waals surface area contributed by atoms with E-state index in [1.807, 2.05) is 0 Å². The molecular weight excluding hydrogens is 256 g/mol. The Labute approximate surface area is 105 Å². The highest BCUT2D eigenvalue weighted by Gasteiger charge is 2.13. The Bertz CT molecular complexity index is 611. The third-order valence-electron chi connectivity index (χ3n) is 2.16. The number of non-ortho nitro benzene ring substituents is 1. The van der Waals surface area contributed by atoms with Gasteiger partial charge in [0.05, 0.1) is 10.6 Å². The molecular formula is C9H8N6O4. The SMILES string of the molecule is O=C(Cn1cnnn1)Nc1cc([N+](=O)[O-])ccc1O. The summed E-state index contributed by atoms with van der Waals surface area (Å²) in [6.07, 6.45) is 1.24. The first kappa shape index (κ1) is 12.4. The summed E-state index contributed by atoms with van der Waals surface area (Å²) in [7, 11) is 0. The van der Waals surface area contributed by atoms with E-state index >= 15 is 0 Å². The van der Waals surface area contributed by atoms with Crippen LogP contribution in [0.5, 0.6) is 5.75 Å². The van der Waals surface area contributed by atoms with E-state index in [0.717, 1.165) is 18.2 Å². The first-order chi connectivity index (χ1) is 9.06. The van der Waals surface area contributed by atoms with Crippen LogP contribution in [0.1, 0.15) is 0 Å². The topological polar surface area (TPSA) is 136 Å². The average molecular weight is 264 g/mol. The second-order valence-electron chi connectivity index (χ2n) is 3.51. The van der Waals surface area contributed by atoms with Gasteiger partial charge in [0.2, 0.25) is 5.91 Å². The molecule has 19 heavy (non-hydrogen) atoms. The van der Waals surface area contributed by atoms with E-state index in [1.165, 1.54) is 11.0 Å². The van der Waals surface area contributed by atoms with Crippen LogP contribution in [-0.4, -0.2) is 36.1 Å². The molecule has 10 heteroatoms. The monoisotopic (exact) mass is 264 g/mol. The number of phenolic OH excluding ortho intramolecular Hbond substituents is 1. The van der Waals surface area contributed by atoms with Gasteiger partial charge in [-0.25, -0.2) is 4.68 Å². The maximum Gasteiger partial charge on any atom is 0.271 e. The molecule has 0 atom stereocenters. The number of tetrazole rings is 1. The summed E-state index contributed by atoms with van der Waals surface area (Å²) in [6, 6.07) is 3.32. The van der Waals surface area contributed by atoms with E-state index in [-0.39, 0.29) is 23.7 Å². The molecule has 0 unspecified atom stereocenters. The van der Waals surface area contributed by atoms with Gasteiger partial charge < -0.3 is 10.4 Å². The summed E-state index contributed by atoms with van der Waals surface area (Å²) in [5.41, 5.74) is -0.289. The summed E-state index contributed by atoms with van der Waals surface area (Å²) in [4.78, 5) is 21.6. The van der Waals surface area contributed by atoms with E-state index in [1.54, 1.807) is 0 Å². The number of anilines is 1. The number of phenols is 1. The number of hydrogen-bond acceptors (Lipinski definition) is 7. The van der Waals surface area contributed by atoms with E-state index in [4.69, 9.17) is 0 Å². The number of aromatic hydroxyl groups is 1. The lowest BCUT2D eigenvalue weighted by atomic mass is 10.2. The molecule has 1 heterocycles. The lowest BCUT2D eigenvalue weighted by Crippen LogP contribution is -2.19. The normalized spacial score (nSPS) is 10.1. The molecule has 0 spiro atoms. The Morgan fingerprint density at radius 1 is 1.53 bits per heavy atom. The Hall–Kier alpha value is -3.04. The third kappa shape index (κ3) is 3.00. The molecule has 0 aliphatic carbocycles. The van der Waals surface area contributed by atoms with Crippen LogP contribution in [0.25, 0.3) is 0 Å². The van der Waals surface area contributed by atoms with Gasteiger partial charge in [0, 0.05) is 12.1 Å². The predicted molar refractivity (Wildman–Crippen MR) is 61.2 cm³/mol. The lowest BCUT2D eigenvalue weighted by Gasteiger charge is -2.06. The molecule has 0 saturated heterocycles. The Balaban J connectivity index is 2.11. The van der Waals surface area contributed by atoms with Gasteiger partial charge >= 0.3 is 0 Å². The Morgan fingerprint density at radius 3 is 2.95 bits per heavy atom. The number of carbonyl (C=O) groups is 1. The van der Waals surface area contributed by atoms with Crippen molar-refractivity contribution >= 4 is 17.3 Å². The van der Waals surface area contributed by atoms with Gasteiger partial charge in [-0.1, -0.05) is 0 Å². The number of aromatic nitrogens is 4. The van der Waals surface area contributed by atoms with Gasteiger partial charge in [0.1, 0.15) is 18.6 Å². The minimum atomic E-state index is -0.629. The first-order valence-corrected chi connectivity index (χ1v) is 5.04. The summed E-state index contributed by atoms with van der Waals surface area (Å²) < 4.78 is 1.17. The summed E-state index contributed by atoms with van der Waals surface area (Å²) in [5.74, 6) is -0.793. The molecule has 0 bridgehead atoms. The van der Waals surface area contributed by atoms with Crippen LogP contribution in [0.4, 0.5) is 11.4 Å². The Kier molecular flexibility index (Phi) is 3.32. The molecule has 1 aromatic heterocycles. The maximum absolute atomic E-state index is 11.6. The predicted octanol–water partition coefficient (Wildman–Crippen LogP) is -0.0744. The molecule has 2 N–H and O–H groups in total. The summed E-state index contributed by atoms with van der Waals surface area (Å²) in [6.45, 7) is -0.171. The standard InChI is InChI=1S/C9H8N6O4/c16-8-2-1-6(15(18)19)3-7(8)11-9(17)4-14-5-10-12-13-14/h1-3,5,16H,4H2,(H,11,17). The van der Waals surface area contributed by atoms with E-state index in [2.05, 4.69) is 20.8 Å². The smallest absolute Gasteiger partial charge is 0.271 e. The quantitative estimate of drug-likeness (QED) is 0.447. The Morgan fingerprint density at radius 2 is 2.32 bits per heavy atom. The van der Waals surface area contributed by atoms with Crippen molar-refractivity contribution in [1.82, 2.24) is 20.2 Å². The first-order valence-electron chi connectivity index (χ1n) is 5.04. The number of amides is 1. The molecule has 0 fully saturated rings. The molecule has 10 nitrogen and oxygen atoms in total. The molecule has 0 aliphatic heterocycles. The van der Waals surface area contributed by atoms with Gasteiger partial charge in [-0.15, -0.1) is 5.10 Å². The lowest BCUT2D eigenvalue weighted by molar-refractivity contribution is -0.384. The highest BCUT2D eigenvalue weighted by atomic mass is 16.6. The molecule has 1 amide bonds. The van der Waals surface area contributed by atoms with E-state index in [9.17, 15) is 20.0 Å². The van der Waals surface area contributed by atoms with Crippen molar-refractivity contribution in [2.24, 2.45) is 0 Å². The largest absolute Gasteiger partial charge is 0.506 e. The van der Waals surface area contributed by atoms with Crippen LogP contribution in [0.15, 0.2) is 24.5 Å². The van der Waals surface area contributed by atoms with Crippen LogP contribution >= 0.6 is 0 Å². The second kappa shape index (κ2) is 5.08. The average Bonchev–Trinajstić information content (AvgIpc) is 2.84. The zero-order valence-corrected chi connectivity index (χ0v) is 9.42. The van der Waals surface area contributed by atoms with Crippen LogP contribution < -0.4 is 5.32 Å². The van der Waals surface area contributed by atoms with Crippen LogP contribution in [0.3, 0.4) is 0 Å². The fraction of sp³-hybridized carbons (Fsp3) is 0.111. The second-order valence-corrected chi connectivity index (χ2v) is 3.51. The molecule has 0 aliphatic rings. The molecule has 0 radical (unpaired) electrons. The zero-order valence-electron chi connectivity index (χ0n) is 9.42. The van der Waals surface area contributed by atoms with Crippen LogP contribution in [0, 0.1) is 10.1 Å². The number of nitrogens with zero attached hydrogens (tertiary/aromatic N) is 5. The van der Waals surface area contributed by atoms with Gasteiger partial charge in [-0.05, 0) is 16.5 Å². The van der Waals surface area contributed by atoms with E-state index < -0.39 is 10.8 Å². The minimum absolute atomic E-state index is 0.0488. The van der Waals surface area contributed by atoms with Crippen molar-refractivity contribution in [3.8, 4) is 5.75 Å². The van der Waals surface area contributed by atoms with Gasteiger partial charge in [-0.2, -0.15) is 0 Å². The number of hydrogen-bond donors (Lipinski definition) is 2. The molecule has 0 saturated carbocycles. The number of nitro groups is 1. The maximum atomic E-state index is 11.6. The summed E-state index contributed by atoms with van der Waals surface area (Å²) in [5, 5.41) is 32.6. The van der Waals surface area contributed by atoms with Gasteiger partial charge in [0.15, 0.2) is 0 Å². The fourth-order valence-electron chi connectivity index (χ4n) is 1.33. The van der Waals surface area contributed by atoms with Crippen LogP contribution in [-0.2, 0) is 11.3 Å². The molecule has 1 aromatic carbocycles. The fourth-order valence-corrected chi connectivity index (χ4v) is 1.33. The highest BCUT2D eigenvalue weighted by molar-refractivity contribution is 5.92. The number of carbonyl (C=O) groups excluding carboxylic acids is 1. The van der Waals surface area contributed by atoms with Crippen LogP contribution in [0.2, 0.25) is 0 Å². The zero-order chi connectivity index (χ0) is 13.8. The van der Waals surface area contributed by atoms with Crippen molar-refractivity contribution in [1.29, 1.82) is 0 Å². The molecule has 98 valence electrons. The minimum Gasteiger partial charge on any atom is -0.506 e. The number of rotatable bonds is 4. The molecule has 2 rings (SSSR count). The van der Waals surface area contributed by atoms with Crippen molar-refractivity contribution < 1.29 is 14.8 Å². The van der Waals surface area contributed by atoms with Gasteiger partial charge in [0.25, 0.3) is 5.69 Å². The van der Waals surface area contributed by atoms with Crippen molar-refractivity contribution in [3.05, 3.63) is 34.6 Å². The number of benzene rings is 1.